The minimum Gasteiger partial charge on any atom is -0.345 e. The van der Waals surface area contributed by atoms with E-state index in [1.54, 1.807) is 0 Å². The molecule has 3 heterocycles. The average Bonchev–Trinajstić information content (AvgIpc) is 2.85. The third-order valence-corrected chi connectivity index (χ3v) is 5.36. The molecule has 6 heteroatoms. The normalized spacial score (nSPS) is 20.1. The van der Waals surface area contributed by atoms with Gasteiger partial charge in [-0.05, 0) is 35.7 Å². The molecule has 2 amide bonds. The summed E-state index contributed by atoms with van der Waals surface area (Å²) in [5.41, 5.74) is 2.87. The smallest absolute Gasteiger partial charge is 0.252 e. The Hall–Kier alpha value is -2.73. The summed E-state index contributed by atoms with van der Waals surface area (Å²) >= 11 is 0. The van der Waals surface area contributed by atoms with Crippen molar-refractivity contribution in [3.8, 4) is 0 Å². The van der Waals surface area contributed by atoms with Crippen LogP contribution < -0.4 is 5.32 Å². The van der Waals surface area contributed by atoms with Crippen LogP contribution in [0.15, 0.2) is 48.8 Å². The van der Waals surface area contributed by atoms with Crippen LogP contribution in [0.5, 0.6) is 0 Å². The predicted molar refractivity (Wildman–Crippen MR) is 102 cm³/mol. The van der Waals surface area contributed by atoms with Crippen molar-refractivity contribution in [3.05, 3.63) is 65.5 Å². The molecule has 6 nitrogen and oxygen atoms in total. The summed E-state index contributed by atoms with van der Waals surface area (Å²) in [7, 11) is 0. The van der Waals surface area contributed by atoms with E-state index >= 15 is 0 Å². The minimum atomic E-state index is -0.211. The monoisotopic (exact) mass is 364 g/mol. The quantitative estimate of drug-likeness (QED) is 0.901. The van der Waals surface area contributed by atoms with E-state index in [2.05, 4.69) is 15.2 Å². The lowest BCUT2D eigenvalue weighted by atomic mass is 10.0. The molecule has 0 radical (unpaired) electrons. The number of pyridine rings is 1. The molecule has 1 atom stereocenters. The van der Waals surface area contributed by atoms with Gasteiger partial charge in [-0.15, -0.1) is 0 Å². The summed E-state index contributed by atoms with van der Waals surface area (Å²) in [6.07, 6.45) is 4.92. The molecule has 1 unspecified atom stereocenters. The van der Waals surface area contributed by atoms with Gasteiger partial charge in [0.25, 0.3) is 5.91 Å². The summed E-state index contributed by atoms with van der Waals surface area (Å²) in [6, 6.07) is 11.4. The fourth-order valence-electron chi connectivity index (χ4n) is 3.91. The average molecular weight is 364 g/mol. The summed E-state index contributed by atoms with van der Waals surface area (Å²) in [6.45, 7) is 4.23. The molecule has 1 aromatic heterocycles. The number of nitrogens with one attached hydrogen (secondary N) is 1. The van der Waals surface area contributed by atoms with Crippen molar-refractivity contribution in [2.24, 2.45) is 0 Å². The first-order valence-electron chi connectivity index (χ1n) is 9.49. The van der Waals surface area contributed by atoms with Crippen molar-refractivity contribution in [2.75, 3.05) is 26.2 Å². The Labute approximate surface area is 159 Å². The molecule has 2 aliphatic heterocycles. The van der Waals surface area contributed by atoms with Crippen LogP contribution in [-0.4, -0.2) is 52.8 Å². The van der Waals surface area contributed by atoms with Crippen LogP contribution in [0.3, 0.4) is 0 Å². The molecule has 1 aromatic carbocycles. The van der Waals surface area contributed by atoms with Gasteiger partial charge in [0.15, 0.2) is 0 Å². The Morgan fingerprint density at radius 3 is 2.74 bits per heavy atom. The fraction of sp³-hybridized carbons (Fsp3) is 0.381. The zero-order valence-electron chi connectivity index (χ0n) is 15.3. The summed E-state index contributed by atoms with van der Waals surface area (Å²) in [5, 5.41) is 2.94. The number of carbonyl (C=O) groups is 2. The number of aromatic nitrogens is 1. The van der Waals surface area contributed by atoms with E-state index in [0.717, 1.165) is 44.7 Å². The van der Waals surface area contributed by atoms with E-state index < -0.39 is 0 Å². The van der Waals surface area contributed by atoms with Crippen molar-refractivity contribution in [3.63, 3.8) is 0 Å². The SMILES string of the molecule is O=C1NC(CC(=O)N2CCCN(Cc3ccncc3)CC2)c2ccccc21. The maximum atomic E-state index is 12.8. The van der Waals surface area contributed by atoms with Crippen molar-refractivity contribution < 1.29 is 9.59 Å². The molecule has 140 valence electrons. The van der Waals surface area contributed by atoms with Crippen molar-refractivity contribution >= 4 is 11.8 Å². The molecular weight excluding hydrogens is 340 g/mol. The molecule has 1 N–H and O–H groups in total. The van der Waals surface area contributed by atoms with Gasteiger partial charge in [0.2, 0.25) is 5.91 Å². The van der Waals surface area contributed by atoms with Gasteiger partial charge in [0, 0.05) is 50.7 Å². The molecule has 0 spiro atoms. The van der Waals surface area contributed by atoms with Crippen molar-refractivity contribution in [1.29, 1.82) is 0 Å². The first kappa shape index (κ1) is 17.7. The number of amides is 2. The van der Waals surface area contributed by atoms with E-state index in [0.29, 0.717) is 12.0 Å². The molecule has 1 fully saturated rings. The molecule has 27 heavy (non-hydrogen) atoms. The van der Waals surface area contributed by atoms with Crippen LogP contribution in [0, 0.1) is 0 Å². The van der Waals surface area contributed by atoms with Crippen LogP contribution in [-0.2, 0) is 11.3 Å². The summed E-state index contributed by atoms with van der Waals surface area (Å²) in [5.74, 6) is 0.0329. The standard InChI is InChI=1S/C21H24N4O2/c26-20(14-19-17-4-1-2-5-18(17)21(27)23-19)25-11-3-10-24(12-13-25)15-16-6-8-22-9-7-16/h1-2,4-9,19H,3,10-15H2,(H,23,27). The highest BCUT2D eigenvalue weighted by atomic mass is 16.2. The van der Waals surface area contributed by atoms with Gasteiger partial charge >= 0.3 is 0 Å². The lowest BCUT2D eigenvalue weighted by Gasteiger charge is -2.23. The number of benzene rings is 1. The predicted octanol–water partition coefficient (Wildman–Crippen LogP) is 1.99. The number of rotatable bonds is 4. The third-order valence-electron chi connectivity index (χ3n) is 5.36. The number of nitrogens with zero attached hydrogens (tertiary/aromatic N) is 3. The Kier molecular flexibility index (Phi) is 5.16. The zero-order chi connectivity index (χ0) is 18.6. The highest BCUT2D eigenvalue weighted by Gasteiger charge is 2.31. The maximum absolute atomic E-state index is 12.8. The Balaban J connectivity index is 1.34. The zero-order valence-corrected chi connectivity index (χ0v) is 15.3. The van der Waals surface area contributed by atoms with Crippen LogP contribution in [0.1, 0.15) is 40.4 Å². The van der Waals surface area contributed by atoms with Gasteiger partial charge in [-0.3, -0.25) is 19.5 Å². The van der Waals surface area contributed by atoms with Gasteiger partial charge in [-0.2, -0.15) is 0 Å². The lowest BCUT2D eigenvalue weighted by molar-refractivity contribution is -0.131. The van der Waals surface area contributed by atoms with Crippen LogP contribution in [0.4, 0.5) is 0 Å². The largest absolute Gasteiger partial charge is 0.345 e. The van der Waals surface area contributed by atoms with Crippen molar-refractivity contribution in [1.82, 2.24) is 20.1 Å². The van der Waals surface area contributed by atoms with E-state index in [1.165, 1.54) is 5.56 Å². The number of fused-ring (bicyclic) bond motifs is 1. The highest BCUT2D eigenvalue weighted by molar-refractivity contribution is 5.99. The van der Waals surface area contributed by atoms with Crippen LogP contribution in [0.2, 0.25) is 0 Å². The number of carbonyl (C=O) groups excluding carboxylic acids is 2. The summed E-state index contributed by atoms with van der Waals surface area (Å²) in [4.78, 5) is 33.3. The third kappa shape index (κ3) is 4.01. The first-order valence-corrected chi connectivity index (χ1v) is 9.49. The van der Waals surface area contributed by atoms with Gasteiger partial charge < -0.3 is 10.2 Å². The second kappa shape index (κ2) is 7.88. The molecular formula is C21H24N4O2. The Morgan fingerprint density at radius 1 is 1.07 bits per heavy atom. The van der Waals surface area contributed by atoms with Gasteiger partial charge in [0.05, 0.1) is 12.5 Å². The molecule has 2 aromatic rings. The molecule has 1 saturated heterocycles. The lowest BCUT2D eigenvalue weighted by Crippen LogP contribution is -2.37. The molecule has 0 aliphatic carbocycles. The second-order valence-electron chi connectivity index (χ2n) is 7.18. The minimum absolute atomic E-state index is 0.0807. The number of hydrogen-bond acceptors (Lipinski definition) is 4. The van der Waals surface area contributed by atoms with E-state index in [1.807, 2.05) is 53.7 Å². The maximum Gasteiger partial charge on any atom is 0.252 e. The van der Waals surface area contributed by atoms with E-state index in [9.17, 15) is 9.59 Å². The van der Waals surface area contributed by atoms with Gasteiger partial charge in [0.1, 0.15) is 0 Å². The van der Waals surface area contributed by atoms with Gasteiger partial charge in [-0.1, -0.05) is 18.2 Å². The topological polar surface area (TPSA) is 65.5 Å². The Bertz CT molecular complexity index is 824. The van der Waals surface area contributed by atoms with Gasteiger partial charge in [-0.25, -0.2) is 0 Å². The van der Waals surface area contributed by atoms with Crippen LogP contribution >= 0.6 is 0 Å². The van der Waals surface area contributed by atoms with E-state index in [-0.39, 0.29) is 17.9 Å². The molecule has 0 saturated carbocycles. The van der Waals surface area contributed by atoms with E-state index in [4.69, 9.17) is 0 Å². The van der Waals surface area contributed by atoms with Crippen LogP contribution in [0.25, 0.3) is 0 Å². The van der Waals surface area contributed by atoms with Crippen molar-refractivity contribution in [2.45, 2.75) is 25.4 Å². The number of hydrogen-bond donors (Lipinski definition) is 1. The summed E-state index contributed by atoms with van der Waals surface area (Å²) < 4.78 is 0. The second-order valence-corrected chi connectivity index (χ2v) is 7.18. The first-order chi connectivity index (χ1) is 13.2. The molecule has 2 aliphatic rings. The molecule has 4 rings (SSSR count). The Morgan fingerprint density at radius 2 is 1.89 bits per heavy atom. The highest BCUT2D eigenvalue weighted by Crippen LogP contribution is 2.28. The fourth-order valence-corrected chi connectivity index (χ4v) is 3.91. The molecule has 0 bridgehead atoms.